The minimum absolute atomic E-state index is 0.0484. The third-order valence-corrected chi connectivity index (χ3v) is 5.07. The molecule has 1 aromatic rings. The summed E-state index contributed by atoms with van der Waals surface area (Å²) in [6.07, 6.45) is 0.627. The zero-order chi connectivity index (χ0) is 17.4. The highest BCUT2D eigenvalue weighted by Gasteiger charge is 2.16. The van der Waals surface area contributed by atoms with E-state index in [9.17, 15) is 14.0 Å². The molecule has 0 aliphatic carbocycles. The van der Waals surface area contributed by atoms with Gasteiger partial charge in [-0.15, -0.1) is 11.8 Å². The molecule has 0 spiro atoms. The fourth-order valence-electron chi connectivity index (χ4n) is 2.23. The van der Waals surface area contributed by atoms with Crippen LogP contribution in [0.15, 0.2) is 22.7 Å². The highest BCUT2D eigenvalue weighted by atomic mass is 79.9. The second kappa shape index (κ2) is 10.0. The minimum Gasteiger partial charge on any atom is -0.378 e. The summed E-state index contributed by atoms with van der Waals surface area (Å²) in [5.41, 5.74) is 0.943. The third kappa shape index (κ3) is 6.41. The van der Waals surface area contributed by atoms with Crippen molar-refractivity contribution >= 4 is 39.5 Å². The second-order valence-corrected chi connectivity index (χ2v) is 7.17. The molecule has 1 aliphatic heterocycles. The Hall–Kier alpha value is -1.12. The average Bonchev–Trinajstić information content (AvgIpc) is 2.59. The van der Waals surface area contributed by atoms with Crippen molar-refractivity contribution in [2.75, 3.05) is 44.4 Å². The highest BCUT2D eigenvalue weighted by molar-refractivity contribution is 9.10. The maximum Gasteiger partial charge on any atom is 0.232 e. The van der Waals surface area contributed by atoms with Crippen LogP contribution in [0.3, 0.4) is 0 Å². The Morgan fingerprint density at radius 2 is 2.04 bits per heavy atom. The summed E-state index contributed by atoms with van der Waals surface area (Å²) >= 11 is 4.45. The van der Waals surface area contributed by atoms with Crippen LogP contribution in [0, 0.1) is 5.82 Å². The van der Waals surface area contributed by atoms with Gasteiger partial charge >= 0.3 is 0 Å². The monoisotopic (exact) mass is 418 g/mol. The number of nitrogens with one attached hydrogen (secondary N) is 1. The van der Waals surface area contributed by atoms with Gasteiger partial charge in [0, 0.05) is 19.6 Å². The molecule has 1 heterocycles. The van der Waals surface area contributed by atoms with Crippen molar-refractivity contribution in [3.8, 4) is 0 Å². The van der Waals surface area contributed by atoms with Gasteiger partial charge < -0.3 is 15.0 Å². The van der Waals surface area contributed by atoms with Gasteiger partial charge in [0.05, 0.1) is 29.2 Å². The number of nitrogens with zero attached hydrogens (tertiary/aromatic N) is 1. The van der Waals surface area contributed by atoms with E-state index >= 15 is 0 Å². The number of morpholine rings is 1. The average molecular weight is 419 g/mol. The fraction of sp³-hybridized carbons (Fsp3) is 0.500. The van der Waals surface area contributed by atoms with Crippen molar-refractivity contribution in [2.45, 2.75) is 6.42 Å². The van der Waals surface area contributed by atoms with Gasteiger partial charge in [0.2, 0.25) is 11.8 Å². The first-order chi connectivity index (χ1) is 11.6. The van der Waals surface area contributed by atoms with Crippen molar-refractivity contribution in [1.29, 1.82) is 0 Å². The fourth-order valence-corrected chi connectivity index (χ4v) is 3.40. The maximum absolute atomic E-state index is 13.1. The number of thioether (sulfide) groups is 1. The summed E-state index contributed by atoms with van der Waals surface area (Å²) in [6, 6.07) is 4.80. The molecule has 2 amide bonds. The van der Waals surface area contributed by atoms with E-state index in [1.165, 1.54) is 17.8 Å². The standard InChI is InChI=1S/C16H20BrFN2O3S/c17-13-9-12(1-2-14(13)18)3-4-19-15(21)10-24-11-16(22)20-5-7-23-8-6-20/h1-2,9H,3-8,10-11H2,(H,19,21). The molecule has 1 N–H and O–H groups in total. The van der Waals surface area contributed by atoms with Crippen molar-refractivity contribution in [3.05, 3.63) is 34.1 Å². The SMILES string of the molecule is O=C(CSCC(=O)N1CCOCC1)NCCc1ccc(F)c(Br)c1. The first-order valence-corrected chi connectivity index (χ1v) is 9.65. The molecule has 0 aromatic heterocycles. The number of hydrogen-bond donors (Lipinski definition) is 1. The van der Waals surface area contributed by atoms with Gasteiger partial charge in [-0.1, -0.05) is 6.07 Å². The van der Waals surface area contributed by atoms with E-state index in [4.69, 9.17) is 4.74 Å². The van der Waals surface area contributed by atoms with Crippen molar-refractivity contribution in [1.82, 2.24) is 10.2 Å². The maximum atomic E-state index is 13.1. The summed E-state index contributed by atoms with van der Waals surface area (Å²) in [4.78, 5) is 25.5. The third-order valence-electron chi connectivity index (χ3n) is 3.54. The van der Waals surface area contributed by atoms with Crippen LogP contribution in [0.1, 0.15) is 5.56 Å². The topological polar surface area (TPSA) is 58.6 Å². The normalized spacial score (nSPS) is 14.5. The first-order valence-electron chi connectivity index (χ1n) is 7.70. The summed E-state index contributed by atoms with van der Waals surface area (Å²) in [5.74, 6) is 0.203. The van der Waals surface area contributed by atoms with Crippen LogP contribution < -0.4 is 5.32 Å². The summed E-state index contributed by atoms with van der Waals surface area (Å²) in [7, 11) is 0. The number of ether oxygens (including phenoxy) is 1. The molecule has 1 aromatic carbocycles. The second-order valence-electron chi connectivity index (χ2n) is 5.33. The largest absolute Gasteiger partial charge is 0.378 e. The van der Waals surface area contributed by atoms with Crippen molar-refractivity contribution in [3.63, 3.8) is 0 Å². The number of hydrogen-bond acceptors (Lipinski definition) is 4. The lowest BCUT2D eigenvalue weighted by molar-refractivity contribution is -0.132. The number of benzene rings is 1. The van der Waals surface area contributed by atoms with Gasteiger partial charge in [0.25, 0.3) is 0 Å². The number of carbonyl (C=O) groups is 2. The molecule has 0 saturated carbocycles. The van der Waals surface area contributed by atoms with E-state index in [2.05, 4.69) is 21.2 Å². The Morgan fingerprint density at radius 3 is 2.75 bits per heavy atom. The lowest BCUT2D eigenvalue weighted by Gasteiger charge is -2.26. The predicted octanol–water partition coefficient (Wildman–Crippen LogP) is 1.84. The molecule has 2 rings (SSSR count). The summed E-state index contributed by atoms with van der Waals surface area (Å²) in [5, 5.41) is 2.80. The van der Waals surface area contributed by atoms with Gasteiger partial charge in [0.1, 0.15) is 5.82 Å². The lowest BCUT2D eigenvalue weighted by Crippen LogP contribution is -2.41. The molecule has 0 atom stereocenters. The van der Waals surface area contributed by atoms with Gasteiger partial charge in [-0.3, -0.25) is 9.59 Å². The number of amides is 2. The Bertz CT molecular complexity index is 582. The Morgan fingerprint density at radius 1 is 1.29 bits per heavy atom. The van der Waals surface area contributed by atoms with Crippen LogP contribution in [-0.4, -0.2) is 61.1 Å². The Labute approximate surface area is 153 Å². The van der Waals surface area contributed by atoms with Crippen LogP contribution in [0.4, 0.5) is 4.39 Å². The van der Waals surface area contributed by atoms with E-state index in [0.29, 0.717) is 49.5 Å². The van der Waals surface area contributed by atoms with Crippen LogP contribution in [0.2, 0.25) is 0 Å². The zero-order valence-electron chi connectivity index (χ0n) is 13.2. The molecule has 0 unspecified atom stereocenters. The number of carbonyl (C=O) groups excluding carboxylic acids is 2. The van der Waals surface area contributed by atoms with E-state index in [0.717, 1.165) is 5.56 Å². The smallest absolute Gasteiger partial charge is 0.232 e. The zero-order valence-corrected chi connectivity index (χ0v) is 15.6. The molecule has 8 heteroatoms. The molecule has 0 bridgehead atoms. The quantitative estimate of drug-likeness (QED) is 0.733. The van der Waals surface area contributed by atoms with E-state index in [-0.39, 0.29) is 23.4 Å². The summed E-state index contributed by atoms with van der Waals surface area (Å²) in [6.45, 7) is 2.89. The minimum atomic E-state index is -0.302. The summed E-state index contributed by atoms with van der Waals surface area (Å²) < 4.78 is 18.7. The van der Waals surface area contributed by atoms with Crippen LogP contribution in [0.5, 0.6) is 0 Å². The van der Waals surface area contributed by atoms with Gasteiger partial charge in [0.15, 0.2) is 0 Å². The van der Waals surface area contributed by atoms with Crippen molar-refractivity contribution < 1.29 is 18.7 Å². The van der Waals surface area contributed by atoms with Gasteiger partial charge in [-0.25, -0.2) is 4.39 Å². The lowest BCUT2D eigenvalue weighted by atomic mass is 10.1. The number of rotatable bonds is 7. The van der Waals surface area contributed by atoms with E-state index in [1.807, 2.05) is 0 Å². The molecule has 24 heavy (non-hydrogen) atoms. The van der Waals surface area contributed by atoms with Crippen LogP contribution in [0.25, 0.3) is 0 Å². The van der Waals surface area contributed by atoms with Gasteiger partial charge in [-0.2, -0.15) is 0 Å². The predicted molar refractivity (Wildman–Crippen MR) is 95.5 cm³/mol. The Kier molecular flexibility index (Phi) is 8.01. The number of halogens is 2. The van der Waals surface area contributed by atoms with Crippen LogP contribution >= 0.6 is 27.7 Å². The molecule has 0 radical (unpaired) electrons. The molecular formula is C16H20BrFN2O3S. The van der Waals surface area contributed by atoms with Crippen LogP contribution in [-0.2, 0) is 20.7 Å². The van der Waals surface area contributed by atoms with Crippen molar-refractivity contribution in [2.24, 2.45) is 0 Å². The molecule has 1 aliphatic rings. The highest BCUT2D eigenvalue weighted by Crippen LogP contribution is 2.16. The molecule has 132 valence electrons. The van der Waals surface area contributed by atoms with E-state index < -0.39 is 0 Å². The molecule has 5 nitrogen and oxygen atoms in total. The first kappa shape index (κ1) is 19.2. The molecular weight excluding hydrogens is 399 g/mol. The molecule has 1 fully saturated rings. The molecule has 1 saturated heterocycles. The Balaban J connectivity index is 1.59. The van der Waals surface area contributed by atoms with Gasteiger partial charge in [-0.05, 0) is 40.0 Å². The van der Waals surface area contributed by atoms with E-state index in [1.54, 1.807) is 17.0 Å².